The quantitative estimate of drug-likeness (QED) is 0.335. The first kappa shape index (κ1) is 28.3. The van der Waals surface area contributed by atoms with E-state index in [2.05, 4.69) is 21.6 Å². The molecule has 1 unspecified atom stereocenters. The third-order valence-corrected chi connectivity index (χ3v) is 8.60. The van der Waals surface area contributed by atoms with Crippen molar-refractivity contribution in [3.05, 3.63) is 82.3 Å². The lowest BCUT2D eigenvalue weighted by molar-refractivity contribution is -0.116. The van der Waals surface area contributed by atoms with Crippen LogP contribution in [0.2, 0.25) is 0 Å². The number of thioether (sulfide) groups is 1. The van der Waals surface area contributed by atoms with E-state index < -0.39 is 23.5 Å². The Balaban J connectivity index is 1.40. The van der Waals surface area contributed by atoms with Gasteiger partial charge < -0.3 is 15.8 Å². The summed E-state index contributed by atoms with van der Waals surface area (Å²) in [7, 11) is 0. The lowest BCUT2D eigenvalue weighted by Crippen LogP contribution is -2.38. The molecule has 0 bridgehead atoms. The number of ether oxygens (including phenoxy) is 1. The van der Waals surface area contributed by atoms with Crippen LogP contribution < -0.4 is 20.7 Å². The van der Waals surface area contributed by atoms with Gasteiger partial charge in [0.1, 0.15) is 23.2 Å². The molecule has 41 heavy (non-hydrogen) atoms. The number of halogens is 2. The Morgan fingerprint density at radius 3 is 2.73 bits per heavy atom. The van der Waals surface area contributed by atoms with Gasteiger partial charge in [-0.15, -0.1) is 10.2 Å². The molecule has 2 aromatic carbocycles. The van der Waals surface area contributed by atoms with E-state index in [1.165, 1.54) is 0 Å². The number of hydrogen-bond acceptors (Lipinski definition) is 10. The Morgan fingerprint density at radius 2 is 2.02 bits per heavy atom. The van der Waals surface area contributed by atoms with Gasteiger partial charge in [0.2, 0.25) is 11.0 Å². The molecule has 0 radical (unpaired) electrons. The van der Waals surface area contributed by atoms with Crippen molar-refractivity contribution < 1.29 is 23.1 Å². The molecular weight excluding hydrogens is 570 g/mol. The zero-order valence-electron chi connectivity index (χ0n) is 21.8. The Kier molecular flexibility index (Phi) is 8.32. The van der Waals surface area contributed by atoms with Crippen molar-refractivity contribution >= 4 is 45.6 Å². The molecular formula is C28H24F2N6O3S2. The van der Waals surface area contributed by atoms with Gasteiger partial charge in [0.15, 0.2) is 10.1 Å². The molecule has 0 saturated carbocycles. The van der Waals surface area contributed by atoms with Gasteiger partial charge >= 0.3 is 0 Å². The van der Waals surface area contributed by atoms with Crippen LogP contribution in [0.3, 0.4) is 0 Å². The number of nitrogens with zero attached hydrogens (tertiary/aromatic N) is 4. The first-order valence-electron chi connectivity index (χ1n) is 12.7. The van der Waals surface area contributed by atoms with Crippen LogP contribution in [0.1, 0.15) is 37.7 Å². The van der Waals surface area contributed by atoms with Crippen LogP contribution in [-0.2, 0) is 9.59 Å². The van der Waals surface area contributed by atoms with Crippen LogP contribution in [0, 0.1) is 23.0 Å². The molecule has 210 valence electrons. The predicted molar refractivity (Wildman–Crippen MR) is 151 cm³/mol. The monoisotopic (exact) mass is 594 g/mol. The largest absolute Gasteiger partial charge is 0.494 e. The summed E-state index contributed by atoms with van der Waals surface area (Å²) in [6, 6.07) is 12.4. The van der Waals surface area contributed by atoms with Gasteiger partial charge in [-0.1, -0.05) is 35.2 Å². The number of benzene rings is 2. The number of hydrogen-bond donors (Lipinski definition) is 2. The summed E-state index contributed by atoms with van der Waals surface area (Å²) in [5, 5.41) is 21.3. The first-order valence-corrected chi connectivity index (χ1v) is 14.5. The number of allylic oxidation sites excluding steroid dienone is 3. The van der Waals surface area contributed by atoms with Crippen molar-refractivity contribution in [2.75, 3.05) is 22.6 Å². The van der Waals surface area contributed by atoms with Gasteiger partial charge in [-0.05, 0) is 49.6 Å². The van der Waals surface area contributed by atoms with E-state index in [4.69, 9.17) is 10.5 Å². The molecule has 0 saturated heterocycles. The van der Waals surface area contributed by atoms with Crippen LogP contribution >= 0.6 is 23.1 Å². The maximum absolute atomic E-state index is 13.9. The number of carbonyl (C=O) groups is 2. The van der Waals surface area contributed by atoms with Crippen molar-refractivity contribution in [1.82, 2.24) is 10.2 Å². The van der Waals surface area contributed by atoms with E-state index >= 15 is 0 Å². The van der Waals surface area contributed by atoms with Crippen molar-refractivity contribution in [2.24, 2.45) is 5.73 Å². The lowest BCUT2D eigenvalue weighted by atomic mass is 9.76. The smallest absolute Gasteiger partial charge is 0.234 e. The number of nitrogens with two attached hydrogens (primary N) is 1. The second-order valence-corrected chi connectivity index (χ2v) is 11.3. The molecule has 0 spiro atoms. The Hall–Kier alpha value is -4.28. The molecule has 1 aromatic heterocycles. The maximum Gasteiger partial charge on any atom is 0.234 e. The molecule has 5 rings (SSSR count). The maximum atomic E-state index is 13.9. The van der Waals surface area contributed by atoms with Crippen LogP contribution in [0.4, 0.5) is 19.6 Å². The topological polar surface area (TPSA) is 134 Å². The highest BCUT2D eigenvalue weighted by Gasteiger charge is 2.41. The molecule has 3 N–H and O–H groups in total. The summed E-state index contributed by atoms with van der Waals surface area (Å²) in [6.45, 7) is 2.40. The number of amides is 1. The standard InChI is InChI=1S/C28H24F2N6O3S2/c1-2-39-17-9-6-15(7-10-17)24-18(13-31)26(32)36(21-4-3-5-22(37)25(21)24)27-34-35-28(41-27)40-14-23(38)33-20-11-8-16(29)12-19(20)30/h6-12,24H,2-5,14,32H2,1H3,(H,33,38). The third-order valence-electron chi connectivity index (χ3n) is 6.56. The molecule has 2 aliphatic rings. The molecule has 1 aliphatic heterocycles. The normalized spacial score (nSPS) is 16.9. The molecule has 1 atom stereocenters. The number of carbonyl (C=O) groups excluding carboxylic acids is 2. The Bertz CT molecular complexity index is 1610. The molecule has 2 heterocycles. The zero-order chi connectivity index (χ0) is 29.1. The summed E-state index contributed by atoms with van der Waals surface area (Å²) in [6.07, 6.45) is 1.54. The van der Waals surface area contributed by atoms with E-state index in [0.29, 0.717) is 58.4 Å². The zero-order valence-corrected chi connectivity index (χ0v) is 23.5. The fraction of sp³-hybridized carbons (Fsp3) is 0.250. The van der Waals surface area contributed by atoms with Gasteiger partial charge in [-0.2, -0.15) is 5.26 Å². The summed E-state index contributed by atoms with van der Waals surface area (Å²) >= 11 is 2.22. The van der Waals surface area contributed by atoms with Gasteiger partial charge in [0, 0.05) is 23.8 Å². The predicted octanol–water partition coefficient (Wildman–Crippen LogP) is 5.25. The van der Waals surface area contributed by atoms with Gasteiger partial charge in [-0.3, -0.25) is 14.5 Å². The van der Waals surface area contributed by atoms with Gasteiger partial charge in [0.25, 0.3) is 0 Å². The Morgan fingerprint density at radius 1 is 1.24 bits per heavy atom. The minimum atomic E-state index is -0.878. The van der Waals surface area contributed by atoms with Gasteiger partial charge in [0.05, 0.1) is 35.6 Å². The first-order chi connectivity index (χ1) is 19.8. The van der Waals surface area contributed by atoms with Crippen LogP contribution in [0.5, 0.6) is 5.75 Å². The lowest BCUT2D eigenvalue weighted by Gasteiger charge is -2.38. The SMILES string of the molecule is CCOc1ccc(C2C(C#N)=C(N)N(c3nnc(SCC(=O)Nc4ccc(F)cc4F)s3)C3=C2C(=O)CCC3)cc1. The van der Waals surface area contributed by atoms with Crippen molar-refractivity contribution in [1.29, 1.82) is 5.26 Å². The highest BCUT2D eigenvalue weighted by Crippen LogP contribution is 2.47. The third kappa shape index (κ3) is 5.79. The van der Waals surface area contributed by atoms with E-state index in [1.54, 1.807) is 17.0 Å². The molecule has 9 nitrogen and oxygen atoms in total. The van der Waals surface area contributed by atoms with E-state index in [1.807, 2.05) is 19.1 Å². The van der Waals surface area contributed by atoms with Crippen LogP contribution in [-0.4, -0.2) is 34.2 Å². The average Bonchev–Trinajstić information content (AvgIpc) is 3.42. The highest BCUT2D eigenvalue weighted by molar-refractivity contribution is 8.01. The fourth-order valence-electron chi connectivity index (χ4n) is 4.82. The fourth-order valence-corrected chi connectivity index (χ4v) is 6.50. The number of nitrogens with one attached hydrogen (secondary N) is 1. The molecule has 13 heteroatoms. The van der Waals surface area contributed by atoms with Crippen LogP contribution in [0.25, 0.3) is 0 Å². The summed E-state index contributed by atoms with van der Waals surface area (Å²) < 4.78 is 33.0. The minimum absolute atomic E-state index is 0.0563. The number of nitriles is 1. The number of aromatic nitrogens is 2. The minimum Gasteiger partial charge on any atom is -0.494 e. The Labute approximate surface area is 242 Å². The highest BCUT2D eigenvalue weighted by atomic mass is 32.2. The number of ketones is 1. The summed E-state index contributed by atoms with van der Waals surface area (Å²) in [5.41, 5.74) is 8.63. The van der Waals surface area contributed by atoms with Gasteiger partial charge in [-0.25, -0.2) is 8.78 Å². The second kappa shape index (κ2) is 12.1. The molecule has 3 aromatic rings. The van der Waals surface area contributed by atoms with Crippen LogP contribution in [0.15, 0.2) is 69.5 Å². The van der Waals surface area contributed by atoms with Crippen molar-refractivity contribution in [2.45, 2.75) is 36.4 Å². The van der Waals surface area contributed by atoms with E-state index in [0.717, 1.165) is 40.8 Å². The molecule has 1 amide bonds. The second-order valence-electron chi connectivity index (χ2n) is 9.13. The van der Waals surface area contributed by atoms with Crippen molar-refractivity contribution in [3.8, 4) is 11.8 Å². The number of Topliss-reactive ketones (excluding diaryl/α,β-unsaturated/α-hetero) is 1. The number of rotatable bonds is 8. The molecule has 0 fully saturated rings. The molecule has 1 aliphatic carbocycles. The van der Waals surface area contributed by atoms with E-state index in [9.17, 15) is 23.6 Å². The summed E-state index contributed by atoms with van der Waals surface area (Å²) in [4.78, 5) is 27.3. The number of anilines is 2. The van der Waals surface area contributed by atoms with Crippen molar-refractivity contribution in [3.63, 3.8) is 0 Å². The van der Waals surface area contributed by atoms with E-state index in [-0.39, 0.29) is 28.6 Å². The summed E-state index contributed by atoms with van der Waals surface area (Å²) in [5.74, 6) is -2.07. The average molecular weight is 595 g/mol.